The maximum absolute atomic E-state index is 4.55. The van der Waals surface area contributed by atoms with Crippen LogP contribution in [0.2, 0.25) is 0 Å². The predicted octanol–water partition coefficient (Wildman–Crippen LogP) is 4.28. The van der Waals surface area contributed by atoms with E-state index in [0.29, 0.717) is 0 Å². The van der Waals surface area contributed by atoms with Gasteiger partial charge in [0.15, 0.2) is 5.13 Å². The molecule has 0 saturated heterocycles. The molecule has 1 N–H and O–H groups in total. The Morgan fingerprint density at radius 2 is 2.12 bits per heavy atom. The molecule has 0 amide bonds. The van der Waals surface area contributed by atoms with Crippen molar-refractivity contribution in [3.8, 4) is 0 Å². The van der Waals surface area contributed by atoms with E-state index < -0.39 is 0 Å². The molecular weight excluding hydrogens is 248 g/mol. The van der Waals surface area contributed by atoms with Crippen LogP contribution in [0.15, 0.2) is 35.7 Å². The number of thiazole rings is 1. The van der Waals surface area contributed by atoms with Crippen molar-refractivity contribution >= 4 is 38.0 Å². The number of hydrogen-bond acceptors (Lipinski definition) is 4. The van der Waals surface area contributed by atoms with E-state index in [-0.39, 0.29) is 0 Å². The molecule has 0 aliphatic heterocycles. The molecule has 3 rings (SSSR count). The molecule has 86 valence electrons. The van der Waals surface area contributed by atoms with E-state index in [4.69, 9.17) is 0 Å². The summed E-state index contributed by atoms with van der Waals surface area (Å²) in [7, 11) is 0. The number of nitrogens with zero attached hydrogens (tertiary/aromatic N) is 1. The fraction of sp³-hybridized carbons (Fsp3) is 0.154. The highest BCUT2D eigenvalue weighted by Crippen LogP contribution is 2.26. The number of thiophene rings is 1. The number of para-hydroxylation sites is 1. The molecule has 1 aromatic carbocycles. The topological polar surface area (TPSA) is 24.9 Å². The van der Waals surface area contributed by atoms with Gasteiger partial charge >= 0.3 is 0 Å². The molecule has 0 spiro atoms. The Bertz CT molecular complexity index is 606. The van der Waals surface area contributed by atoms with Crippen molar-refractivity contribution in [2.75, 3.05) is 5.32 Å². The van der Waals surface area contributed by atoms with Gasteiger partial charge < -0.3 is 5.32 Å². The molecular formula is C13H12N2S2. The van der Waals surface area contributed by atoms with E-state index in [1.54, 1.807) is 22.7 Å². The minimum atomic E-state index is 0.864. The van der Waals surface area contributed by atoms with Crippen LogP contribution in [0.5, 0.6) is 0 Å². The number of benzene rings is 1. The summed E-state index contributed by atoms with van der Waals surface area (Å²) in [6.45, 7) is 3.01. The molecule has 2 heterocycles. The average molecular weight is 260 g/mol. The van der Waals surface area contributed by atoms with Crippen LogP contribution >= 0.6 is 22.7 Å². The molecule has 17 heavy (non-hydrogen) atoms. The molecule has 4 heteroatoms. The van der Waals surface area contributed by atoms with Gasteiger partial charge in [0, 0.05) is 4.88 Å². The minimum Gasteiger partial charge on any atom is -0.357 e. The Balaban J connectivity index is 1.79. The predicted molar refractivity (Wildman–Crippen MR) is 76.0 cm³/mol. The second kappa shape index (κ2) is 4.47. The van der Waals surface area contributed by atoms with E-state index in [1.807, 2.05) is 18.2 Å². The average Bonchev–Trinajstić information content (AvgIpc) is 2.92. The third-order valence-electron chi connectivity index (χ3n) is 2.66. The lowest BCUT2D eigenvalue weighted by atomic mass is 10.3. The van der Waals surface area contributed by atoms with Gasteiger partial charge in [-0.15, -0.1) is 11.3 Å². The summed E-state index contributed by atoms with van der Waals surface area (Å²) >= 11 is 3.50. The molecule has 0 bridgehead atoms. The largest absolute Gasteiger partial charge is 0.357 e. The number of fused-ring (bicyclic) bond motifs is 1. The summed E-state index contributed by atoms with van der Waals surface area (Å²) in [5.74, 6) is 0. The lowest BCUT2D eigenvalue weighted by molar-refractivity contribution is 1.16. The van der Waals surface area contributed by atoms with Crippen molar-refractivity contribution in [1.29, 1.82) is 0 Å². The standard InChI is InChI=1S/C13H12N2S2/c1-9-6-7-16-12(9)8-14-13-15-10-4-2-3-5-11(10)17-13/h2-7H,8H2,1H3,(H,14,15). The second-order valence-electron chi connectivity index (χ2n) is 3.87. The zero-order chi connectivity index (χ0) is 11.7. The van der Waals surface area contributed by atoms with Crippen LogP contribution < -0.4 is 5.32 Å². The summed E-state index contributed by atoms with van der Waals surface area (Å²) in [4.78, 5) is 5.93. The Kier molecular flexibility index (Phi) is 2.82. The monoisotopic (exact) mass is 260 g/mol. The van der Waals surface area contributed by atoms with Gasteiger partial charge in [-0.1, -0.05) is 23.5 Å². The van der Waals surface area contributed by atoms with Crippen LogP contribution in [0.3, 0.4) is 0 Å². The smallest absolute Gasteiger partial charge is 0.184 e. The maximum atomic E-state index is 4.55. The van der Waals surface area contributed by atoms with Gasteiger partial charge in [0.25, 0.3) is 0 Å². The first-order chi connectivity index (χ1) is 8.33. The number of hydrogen-bond donors (Lipinski definition) is 1. The zero-order valence-electron chi connectivity index (χ0n) is 9.43. The highest BCUT2D eigenvalue weighted by molar-refractivity contribution is 7.22. The van der Waals surface area contributed by atoms with E-state index in [9.17, 15) is 0 Å². The quantitative estimate of drug-likeness (QED) is 0.760. The van der Waals surface area contributed by atoms with Gasteiger partial charge in [-0.3, -0.25) is 0 Å². The van der Waals surface area contributed by atoms with E-state index in [0.717, 1.165) is 17.2 Å². The molecule has 0 aliphatic rings. The van der Waals surface area contributed by atoms with Crippen LogP contribution in [0.4, 0.5) is 5.13 Å². The number of rotatable bonds is 3. The number of aryl methyl sites for hydroxylation is 1. The third kappa shape index (κ3) is 2.18. The van der Waals surface area contributed by atoms with Gasteiger partial charge in [-0.05, 0) is 36.1 Å². The summed E-state index contributed by atoms with van der Waals surface area (Å²) in [5, 5.41) is 6.52. The number of aromatic nitrogens is 1. The van der Waals surface area contributed by atoms with E-state index in [2.05, 4.69) is 34.7 Å². The Hall–Kier alpha value is -1.39. The first-order valence-corrected chi connectivity index (χ1v) is 7.15. The lowest BCUT2D eigenvalue weighted by Crippen LogP contribution is -1.97. The summed E-state index contributed by atoms with van der Waals surface area (Å²) in [6.07, 6.45) is 0. The number of anilines is 1. The summed E-state index contributed by atoms with van der Waals surface area (Å²) in [5.41, 5.74) is 2.42. The molecule has 2 nitrogen and oxygen atoms in total. The first-order valence-electron chi connectivity index (χ1n) is 5.45. The Morgan fingerprint density at radius 1 is 1.24 bits per heavy atom. The van der Waals surface area contributed by atoms with Crippen LogP contribution in [0.25, 0.3) is 10.2 Å². The molecule has 0 fully saturated rings. The molecule has 2 aromatic heterocycles. The highest BCUT2D eigenvalue weighted by atomic mass is 32.1. The van der Waals surface area contributed by atoms with Gasteiger partial charge in [-0.2, -0.15) is 0 Å². The van der Waals surface area contributed by atoms with Crippen LogP contribution in [-0.2, 0) is 6.54 Å². The molecule has 0 atom stereocenters. The van der Waals surface area contributed by atoms with Crippen molar-refractivity contribution in [3.05, 3.63) is 46.2 Å². The van der Waals surface area contributed by atoms with E-state index >= 15 is 0 Å². The van der Waals surface area contributed by atoms with Crippen LogP contribution in [0, 0.1) is 6.92 Å². The van der Waals surface area contributed by atoms with Gasteiger partial charge in [0.2, 0.25) is 0 Å². The first kappa shape index (κ1) is 10.7. The van der Waals surface area contributed by atoms with Crippen molar-refractivity contribution in [1.82, 2.24) is 4.98 Å². The van der Waals surface area contributed by atoms with Gasteiger partial charge in [0.1, 0.15) is 0 Å². The SMILES string of the molecule is Cc1ccsc1CNc1nc2ccccc2s1. The fourth-order valence-corrected chi connectivity index (χ4v) is 3.40. The van der Waals surface area contributed by atoms with Crippen molar-refractivity contribution in [3.63, 3.8) is 0 Å². The molecule has 0 aliphatic carbocycles. The fourth-order valence-electron chi connectivity index (χ4n) is 1.69. The van der Waals surface area contributed by atoms with Crippen molar-refractivity contribution in [2.24, 2.45) is 0 Å². The summed E-state index contributed by atoms with van der Waals surface area (Å²) < 4.78 is 1.23. The molecule has 3 aromatic rings. The highest BCUT2D eigenvalue weighted by Gasteiger charge is 2.04. The normalized spacial score (nSPS) is 10.9. The van der Waals surface area contributed by atoms with Crippen molar-refractivity contribution in [2.45, 2.75) is 13.5 Å². The van der Waals surface area contributed by atoms with Crippen LogP contribution in [-0.4, -0.2) is 4.98 Å². The molecule has 0 unspecified atom stereocenters. The zero-order valence-corrected chi connectivity index (χ0v) is 11.1. The third-order valence-corrected chi connectivity index (χ3v) is 4.68. The Morgan fingerprint density at radius 3 is 2.88 bits per heavy atom. The lowest BCUT2D eigenvalue weighted by Gasteiger charge is -2.00. The van der Waals surface area contributed by atoms with Crippen LogP contribution in [0.1, 0.15) is 10.4 Å². The molecule has 0 saturated carbocycles. The second-order valence-corrected chi connectivity index (χ2v) is 5.90. The Labute approximate surface area is 108 Å². The molecule has 0 radical (unpaired) electrons. The minimum absolute atomic E-state index is 0.864. The van der Waals surface area contributed by atoms with E-state index in [1.165, 1.54) is 15.1 Å². The van der Waals surface area contributed by atoms with Gasteiger partial charge in [-0.25, -0.2) is 4.98 Å². The van der Waals surface area contributed by atoms with Gasteiger partial charge in [0.05, 0.1) is 16.8 Å². The number of nitrogens with one attached hydrogen (secondary N) is 1. The maximum Gasteiger partial charge on any atom is 0.184 e. The summed E-state index contributed by atoms with van der Waals surface area (Å²) in [6, 6.07) is 10.4. The van der Waals surface area contributed by atoms with Crippen molar-refractivity contribution < 1.29 is 0 Å².